The van der Waals surface area contributed by atoms with Crippen LogP contribution in [0.3, 0.4) is 0 Å². The van der Waals surface area contributed by atoms with E-state index in [-0.39, 0.29) is 29.4 Å². The fourth-order valence-electron chi connectivity index (χ4n) is 3.73. The van der Waals surface area contributed by atoms with Gasteiger partial charge in [0.05, 0.1) is 34.6 Å². The number of aromatic nitrogens is 5. The summed E-state index contributed by atoms with van der Waals surface area (Å²) in [5.74, 6) is -0.0290. The maximum atomic E-state index is 13.2. The number of nitrogens with zero attached hydrogens (tertiary/aromatic N) is 5. The van der Waals surface area contributed by atoms with Gasteiger partial charge in [0.25, 0.3) is 0 Å². The van der Waals surface area contributed by atoms with Crippen molar-refractivity contribution in [3.63, 3.8) is 0 Å². The Morgan fingerprint density at radius 1 is 1.15 bits per heavy atom. The summed E-state index contributed by atoms with van der Waals surface area (Å²) in [6.45, 7) is 2.98. The van der Waals surface area contributed by atoms with Crippen molar-refractivity contribution in [3.05, 3.63) is 17.5 Å². The Morgan fingerprint density at radius 3 is 2.52 bits per heavy atom. The van der Waals surface area contributed by atoms with Gasteiger partial charge in [0.2, 0.25) is 10.0 Å². The van der Waals surface area contributed by atoms with Crippen LogP contribution >= 0.6 is 11.3 Å². The minimum absolute atomic E-state index is 0.0290. The van der Waals surface area contributed by atoms with E-state index in [1.54, 1.807) is 5.38 Å². The molecule has 2 aliphatic rings. The third-order valence-electron chi connectivity index (χ3n) is 5.53. The largest absolute Gasteiger partial charge is 0.378 e. The molecule has 0 amide bonds. The Balaban J connectivity index is 1.72. The highest BCUT2D eigenvalue weighted by Gasteiger charge is 2.38. The van der Waals surface area contributed by atoms with Gasteiger partial charge in [-0.3, -0.25) is 0 Å². The van der Waals surface area contributed by atoms with Gasteiger partial charge in [0, 0.05) is 37.1 Å². The number of hydrogen-bond donors (Lipinski definition) is 3. The SMILES string of the molecule is NS(=O)(=O)c1c(S(=O)(=O)C2CNC2)ccc(-c2csc(N3CCOCC3)n2)c1-c1nnn[nH]1. The number of thiazole rings is 1. The molecule has 3 aromatic rings. The van der Waals surface area contributed by atoms with Crippen molar-refractivity contribution >= 4 is 36.3 Å². The number of sulfonamides is 1. The first-order valence-electron chi connectivity index (χ1n) is 9.94. The molecule has 0 radical (unpaired) electrons. The zero-order chi connectivity index (χ0) is 23.2. The number of nitrogens with one attached hydrogen (secondary N) is 2. The molecule has 4 N–H and O–H groups in total. The third-order valence-corrected chi connectivity index (χ3v) is 9.72. The van der Waals surface area contributed by atoms with E-state index in [4.69, 9.17) is 9.88 Å². The summed E-state index contributed by atoms with van der Waals surface area (Å²) < 4.78 is 57.3. The van der Waals surface area contributed by atoms with E-state index >= 15 is 0 Å². The number of primary sulfonamides is 1. The van der Waals surface area contributed by atoms with E-state index in [9.17, 15) is 16.8 Å². The molecule has 33 heavy (non-hydrogen) atoms. The zero-order valence-corrected chi connectivity index (χ0v) is 19.6. The number of aromatic amines is 1. The quantitative estimate of drug-likeness (QED) is 0.376. The summed E-state index contributed by atoms with van der Waals surface area (Å²) in [5.41, 5.74) is 0.765. The minimum Gasteiger partial charge on any atom is -0.378 e. The van der Waals surface area contributed by atoms with E-state index < -0.39 is 30.0 Å². The average Bonchev–Trinajstić information content (AvgIpc) is 3.43. The molecular formula is C17H20N8O5S3. The first-order chi connectivity index (χ1) is 15.8. The molecule has 2 aliphatic heterocycles. The van der Waals surface area contributed by atoms with Crippen LogP contribution in [-0.2, 0) is 24.6 Å². The molecule has 16 heteroatoms. The van der Waals surface area contributed by atoms with Crippen LogP contribution in [0.2, 0.25) is 0 Å². The van der Waals surface area contributed by atoms with Gasteiger partial charge in [-0.15, -0.1) is 16.4 Å². The number of anilines is 1. The fraction of sp³-hybridized carbons (Fsp3) is 0.412. The van der Waals surface area contributed by atoms with Crippen LogP contribution in [-0.4, -0.2) is 87.1 Å². The number of benzene rings is 1. The van der Waals surface area contributed by atoms with Crippen LogP contribution < -0.4 is 15.4 Å². The van der Waals surface area contributed by atoms with Crippen LogP contribution in [0.25, 0.3) is 22.6 Å². The molecule has 2 saturated heterocycles. The van der Waals surface area contributed by atoms with E-state index in [0.29, 0.717) is 37.6 Å². The highest BCUT2D eigenvalue weighted by molar-refractivity contribution is 7.94. The lowest BCUT2D eigenvalue weighted by Crippen LogP contribution is -2.51. The number of H-pyrrole nitrogens is 1. The van der Waals surface area contributed by atoms with Crippen LogP contribution in [0.5, 0.6) is 0 Å². The maximum absolute atomic E-state index is 13.2. The molecule has 0 spiro atoms. The first kappa shape index (κ1) is 22.3. The average molecular weight is 513 g/mol. The van der Waals surface area contributed by atoms with Gasteiger partial charge in [0.1, 0.15) is 4.90 Å². The Kier molecular flexibility index (Phi) is 5.66. The second-order valence-corrected chi connectivity index (χ2v) is 12.1. The number of ether oxygens (including phenoxy) is 1. The first-order valence-corrected chi connectivity index (χ1v) is 13.9. The summed E-state index contributed by atoms with van der Waals surface area (Å²) in [7, 11) is -8.49. The lowest BCUT2D eigenvalue weighted by Gasteiger charge is -2.28. The molecule has 0 saturated carbocycles. The predicted octanol–water partition coefficient (Wildman–Crippen LogP) is -0.780. The van der Waals surface area contributed by atoms with E-state index in [0.717, 1.165) is 5.13 Å². The van der Waals surface area contributed by atoms with Crippen molar-refractivity contribution in [2.75, 3.05) is 44.3 Å². The minimum atomic E-state index is -4.50. The second-order valence-electron chi connectivity index (χ2n) is 7.55. The number of nitrogens with two attached hydrogens (primary N) is 1. The number of morpholine rings is 1. The molecular weight excluding hydrogens is 492 g/mol. The smallest absolute Gasteiger partial charge is 0.240 e. The van der Waals surface area contributed by atoms with E-state index in [2.05, 4.69) is 35.8 Å². The van der Waals surface area contributed by atoms with Crippen molar-refractivity contribution in [2.24, 2.45) is 5.14 Å². The molecule has 4 heterocycles. The van der Waals surface area contributed by atoms with Gasteiger partial charge >= 0.3 is 0 Å². The van der Waals surface area contributed by atoms with Crippen LogP contribution in [0, 0.1) is 0 Å². The lowest BCUT2D eigenvalue weighted by atomic mass is 10.0. The maximum Gasteiger partial charge on any atom is 0.240 e. The van der Waals surface area contributed by atoms with Crippen molar-refractivity contribution in [1.82, 2.24) is 30.9 Å². The topological polar surface area (TPSA) is 186 Å². The predicted molar refractivity (Wildman–Crippen MR) is 119 cm³/mol. The van der Waals surface area contributed by atoms with Crippen molar-refractivity contribution in [1.29, 1.82) is 0 Å². The van der Waals surface area contributed by atoms with Crippen molar-refractivity contribution in [3.8, 4) is 22.6 Å². The fourth-order valence-corrected chi connectivity index (χ4v) is 7.80. The number of rotatable bonds is 6. The molecule has 5 rings (SSSR count). The number of sulfone groups is 1. The van der Waals surface area contributed by atoms with Gasteiger partial charge in [-0.2, -0.15) is 0 Å². The van der Waals surface area contributed by atoms with Crippen LogP contribution in [0.4, 0.5) is 5.13 Å². The molecule has 176 valence electrons. The van der Waals surface area contributed by atoms with E-state index in [1.807, 2.05) is 0 Å². The molecule has 0 atom stereocenters. The summed E-state index contributed by atoms with van der Waals surface area (Å²) in [6.07, 6.45) is 0. The molecule has 1 aromatic carbocycles. The number of hydrogen-bond acceptors (Lipinski definition) is 12. The highest BCUT2D eigenvalue weighted by Crippen LogP contribution is 2.41. The van der Waals surface area contributed by atoms with E-state index in [1.165, 1.54) is 23.5 Å². The summed E-state index contributed by atoms with van der Waals surface area (Å²) in [6, 6.07) is 2.79. The van der Waals surface area contributed by atoms with Gasteiger partial charge in [-0.1, -0.05) is 6.07 Å². The zero-order valence-electron chi connectivity index (χ0n) is 17.1. The Labute approximate surface area is 193 Å². The number of tetrazole rings is 1. The molecule has 2 fully saturated rings. The second kappa shape index (κ2) is 8.37. The molecule has 0 unspecified atom stereocenters. The lowest BCUT2D eigenvalue weighted by molar-refractivity contribution is 0.122. The molecule has 13 nitrogen and oxygen atoms in total. The Morgan fingerprint density at radius 2 is 1.91 bits per heavy atom. The van der Waals surface area contributed by atoms with Crippen molar-refractivity contribution < 1.29 is 21.6 Å². The van der Waals surface area contributed by atoms with Gasteiger partial charge in [-0.25, -0.2) is 32.1 Å². The van der Waals surface area contributed by atoms with Gasteiger partial charge in [0.15, 0.2) is 20.8 Å². The molecule has 2 aromatic heterocycles. The summed E-state index contributed by atoms with van der Waals surface area (Å²) in [5, 5.41) is 23.7. The third kappa shape index (κ3) is 4.02. The molecule has 0 bridgehead atoms. The standard InChI is InChI=1S/C17H20N8O5S3/c18-33(28,29)15-13(32(26,27)10-7-19-8-10)2-1-11(14(15)16-21-23-24-22-16)12-9-31-17(20-12)25-3-5-30-6-4-25/h1-2,9-10,19H,3-8H2,(H2,18,28,29)(H,21,22,23,24). The van der Waals surface area contributed by atoms with Gasteiger partial charge in [-0.05, 0) is 16.5 Å². The Hall–Kier alpha value is -2.50. The van der Waals surface area contributed by atoms with Gasteiger partial charge < -0.3 is 15.0 Å². The highest BCUT2D eigenvalue weighted by atomic mass is 32.2. The summed E-state index contributed by atoms with van der Waals surface area (Å²) in [4.78, 5) is 5.80. The monoisotopic (exact) mass is 512 g/mol. The van der Waals surface area contributed by atoms with Crippen LogP contribution in [0.15, 0.2) is 27.3 Å². The van der Waals surface area contributed by atoms with Crippen molar-refractivity contribution in [2.45, 2.75) is 15.0 Å². The van der Waals surface area contributed by atoms with Crippen LogP contribution in [0.1, 0.15) is 0 Å². The molecule has 0 aliphatic carbocycles. The Bertz CT molecular complexity index is 1380. The summed E-state index contributed by atoms with van der Waals surface area (Å²) >= 11 is 1.39. The normalized spacial score (nSPS) is 17.8.